The van der Waals surface area contributed by atoms with E-state index >= 15 is 0 Å². The third-order valence-electron chi connectivity index (χ3n) is 4.06. The number of carbonyl (C=O) groups is 1. The monoisotopic (exact) mass is 355 g/mol. The molecule has 0 radical (unpaired) electrons. The van der Waals surface area contributed by atoms with Crippen molar-refractivity contribution in [2.75, 3.05) is 14.2 Å². The summed E-state index contributed by atoms with van der Waals surface area (Å²) >= 11 is 0. The van der Waals surface area contributed by atoms with Gasteiger partial charge in [-0.3, -0.25) is 4.79 Å². The van der Waals surface area contributed by atoms with Crippen molar-refractivity contribution in [3.63, 3.8) is 0 Å². The molecular formula is C18H20F3NO3. The van der Waals surface area contributed by atoms with E-state index in [0.29, 0.717) is 6.92 Å². The molecule has 2 aromatic carbocycles. The third kappa shape index (κ3) is 4.42. The summed E-state index contributed by atoms with van der Waals surface area (Å²) in [6.45, 7) is 0.747. The van der Waals surface area contributed by atoms with Gasteiger partial charge in [0.15, 0.2) is 5.60 Å². The van der Waals surface area contributed by atoms with Gasteiger partial charge in [0.25, 0.3) is 0 Å². The van der Waals surface area contributed by atoms with Crippen LogP contribution in [0.4, 0.5) is 13.2 Å². The van der Waals surface area contributed by atoms with E-state index in [9.17, 15) is 23.1 Å². The maximum Gasteiger partial charge on any atom is 0.417 e. The van der Waals surface area contributed by atoms with Crippen molar-refractivity contribution in [2.45, 2.75) is 31.7 Å². The van der Waals surface area contributed by atoms with Crippen LogP contribution >= 0.6 is 0 Å². The molecule has 0 aromatic heterocycles. The van der Waals surface area contributed by atoms with Gasteiger partial charge in [0, 0.05) is 13.6 Å². The van der Waals surface area contributed by atoms with E-state index in [2.05, 4.69) is 0 Å². The van der Waals surface area contributed by atoms with Crippen molar-refractivity contribution in [1.82, 2.24) is 4.90 Å². The van der Waals surface area contributed by atoms with Gasteiger partial charge in [-0.15, -0.1) is 0 Å². The number of fused-ring (bicyclic) bond motifs is 1. The average Bonchev–Trinajstić information content (AvgIpc) is 2.52. The highest BCUT2D eigenvalue weighted by Crippen LogP contribution is 2.33. The quantitative estimate of drug-likeness (QED) is 0.893. The Hall–Kier alpha value is -2.28. The molecule has 1 amide bonds. The van der Waals surface area contributed by atoms with Crippen LogP contribution in [0.5, 0.6) is 5.75 Å². The Morgan fingerprint density at radius 1 is 1.16 bits per heavy atom. The van der Waals surface area contributed by atoms with Crippen LogP contribution in [0.2, 0.25) is 0 Å². The summed E-state index contributed by atoms with van der Waals surface area (Å²) in [6.07, 6.45) is -5.87. The number of alkyl halides is 3. The van der Waals surface area contributed by atoms with Gasteiger partial charge < -0.3 is 14.7 Å². The molecule has 0 bridgehead atoms. The molecule has 0 fully saturated rings. The second-order valence-electron chi connectivity index (χ2n) is 6.25. The predicted octanol–water partition coefficient (Wildman–Crippen LogP) is 3.51. The van der Waals surface area contributed by atoms with Crippen LogP contribution in [0.1, 0.15) is 18.9 Å². The Morgan fingerprint density at radius 3 is 2.36 bits per heavy atom. The summed E-state index contributed by atoms with van der Waals surface area (Å²) < 4.78 is 43.2. The number of carbonyl (C=O) groups excluding carboxylic acids is 1. The zero-order valence-electron chi connectivity index (χ0n) is 14.2. The lowest BCUT2D eigenvalue weighted by molar-refractivity contribution is -0.254. The van der Waals surface area contributed by atoms with E-state index in [4.69, 9.17) is 4.74 Å². The van der Waals surface area contributed by atoms with Crippen LogP contribution in [0.25, 0.3) is 10.8 Å². The maximum atomic E-state index is 12.7. The van der Waals surface area contributed by atoms with Gasteiger partial charge in [-0.2, -0.15) is 13.2 Å². The number of rotatable bonds is 5. The standard InChI is InChI=1S/C18H20F3NO3/c1-17(24,18(19,20)21)10-16(23)22(2)11-12-4-5-14-9-15(25-3)7-6-13(14)8-12/h4-9,24H,10-11H2,1-3H3/t17-/m0/s1. The van der Waals surface area contributed by atoms with Crippen LogP contribution in [-0.2, 0) is 11.3 Å². The van der Waals surface area contributed by atoms with Gasteiger partial charge in [0.05, 0.1) is 13.5 Å². The summed E-state index contributed by atoms with van der Waals surface area (Å²) in [4.78, 5) is 13.2. The molecule has 136 valence electrons. The molecule has 0 heterocycles. The van der Waals surface area contributed by atoms with E-state index in [0.717, 1.165) is 22.1 Å². The highest BCUT2D eigenvalue weighted by molar-refractivity contribution is 5.84. The van der Waals surface area contributed by atoms with Crippen molar-refractivity contribution < 1.29 is 27.8 Å². The van der Waals surface area contributed by atoms with E-state index in [1.807, 2.05) is 30.3 Å². The largest absolute Gasteiger partial charge is 0.497 e. The van der Waals surface area contributed by atoms with Crippen LogP contribution in [-0.4, -0.2) is 41.8 Å². The Bertz CT molecular complexity index is 772. The van der Waals surface area contributed by atoms with Gasteiger partial charge in [0.2, 0.25) is 5.91 Å². The lowest BCUT2D eigenvalue weighted by atomic mass is 10.0. The van der Waals surface area contributed by atoms with Crippen molar-refractivity contribution in [2.24, 2.45) is 0 Å². The summed E-state index contributed by atoms with van der Waals surface area (Å²) in [6, 6.07) is 11.1. The highest BCUT2D eigenvalue weighted by atomic mass is 19.4. The molecular weight excluding hydrogens is 335 g/mol. The summed E-state index contributed by atoms with van der Waals surface area (Å²) in [5.41, 5.74) is -2.27. The minimum absolute atomic E-state index is 0.148. The van der Waals surface area contributed by atoms with Gasteiger partial charge in [-0.05, 0) is 41.5 Å². The lowest BCUT2D eigenvalue weighted by Crippen LogP contribution is -2.46. The predicted molar refractivity (Wildman–Crippen MR) is 88.3 cm³/mol. The van der Waals surface area contributed by atoms with Crippen molar-refractivity contribution in [3.8, 4) is 5.75 Å². The van der Waals surface area contributed by atoms with Crippen LogP contribution in [0.15, 0.2) is 36.4 Å². The molecule has 0 aliphatic rings. The molecule has 2 aromatic rings. The molecule has 7 heteroatoms. The Kier molecular flexibility index (Phi) is 5.27. The first-order valence-electron chi connectivity index (χ1n) is 7.63. The number of ether oxygens (including phenoxy) is 1. The second kappa shape index (κ2) is 6.92. The molecule has 1 atom stereocenters. The molecule has 1 N–H and O–H groups in total. The number of aliphatic hydroxyl groups is 1. The molecule has 0 saturated heterocycles. The topological polar surface area (TPSA) is 49.8 Å². The minimum atomic E-state index is -4.86. The first-order chi connectivity index (χ1) is 11.5. The Labute approximate surface area is 143 Å². The molecule has 0 aliphatic heterocycles. The third-order valence-corrected chi connectivity index (χ3v) is 4.06. The fraction of sp³-hybridized carbons (Fsp3) is 0.389. The fourth-order valence-corrected chi connectivity index (χ4v) is 2.39. The summed E-state index contributed by atoms with van der Waals surface area (Å²) in [7, 11) is 2.99. The van der Waals surface area contributed by atoms with E-state index < -0.39 is 24.1 Å². The molecule has 0 spiro atoms. The van der Waals surface area contributed by atoms with Gasteiger partial charge in [0.1, 0.15) is 5.75 Å². The first-order valence-corrected chi connectivity index (χ1v) is 7.63. The van der Waals surface area contributed by atoms with Crippen LogP contribution < -0.4 is 4.74 Å². The number of nitrogens with zero attached hydrogens (tertiary/aromatic N) is 1. The molecule has 0 saturated carbocycles. The first kappa shape index (κ1) is 19.1. The number of halogens is 3. The van der Waals surface area contributed by atoms with Crippen LogP contribution in [0, 0.1) is 0 Å². The van der Waals surface area contributed by atoms with Gasteiger partial charge in [-0.1, -0.05) is 18.2 Å². The molecule has 2 rings (SSSR count). The van der Waals surface area contributed by atoms with Crippen molar-refractivity contribution in [3.05, 3.63) is 42.0 Å². The number of benzene rings is 2. The Balaban J connectivity index is 2.10. The zero-order chi connectivity index (χ0) is 18.8. The second-order valence-corrected chi connectivity index (χ2v) is 6.25. The summed E-state index contributed by atoms with van der Waals surface area (Å²) in [5.74, 6) is -0.0564. The number of methoxy groups -OCH3 is 1. The van der Waals surface area contributed by atoms with Gasteiger partial charge >= 0.3 is 6.18 Å². The normalized spacial score (nSPS) is 14.2. The van der Waals surface area contributed by atoms with E-state index in [1.54, 1.807) is 13.2 Å². The smallest absolute Gasteiger partial charge is 0.417 e. The molecule has 0 unspecified atom stereocenters. The highest BCUT2D eigenvalue weighted by Gasteiger charge is 2.51. The zero-order valence-corrected chi connectivity index (χ0v) is 14.2. The SMILES string of the molecule is COc1ccc2cc(CN(C)C(=O)C[C@](C)(O)C(F)(F)F)ccc2c1. The van der Waals surface area contributed by atoms with Crippen LogP contribution in [0.3, 0.4) is 0 Å². The van der Waals surface area contributed by atoms with E-state index in [-0.39, 0.29) is 6.54 Å². The average molecular weight is 355 g/mol. The van der Waals surface area contributed by atoms with Gasteiger partial charge in [-0.25, -0.2) is 0 Å². The fourth-order valence-electron chi connectivity index (χ4n) is 2.39. The Morgan fingerprint density at radius 2 is 1.76 bits per heavy atom. The lowest BCUT2D eigenvalue weighted by Gasteiger charge is -2.28. The molecule has 0 aliphatic carbocycles. The summed E-state index contributed by atoms with van der Waals surface area (Å²) in [5, 5.41) is 11.3. The number of amides is 1. The van der Waals surface area contributed by atoms with Crippen molar-refractivity contribution >= 4 is 16.7 Å². The molecule has 25 heavy (non-hydrogen) atoms. The van der Waals surface area contributed by atoms with E-state index in [1.165, 1.54) is 11.9 Å². The van der Waals surface area contributed by atoms with Crippen molar-refractivity contribution in [1.29, 1.82) is 0 Å². The number of hydrogen-bond donors (Lipinski definition) is 1. The minimum Gasteiger partial charge on any atom is -0.497 e. The number of hydrogen-bond acceptors (Lipinski definition) is 3. The molecule has 4 nitrogen and oxygen atoms in total. The maximum absolute atomic E-state index is 12.7.